The van der Waals surface area contributed by atoms with E-state index in [-0.39, 0.29) is 42.8 Å². The summed E-state index contributed by atoms with van der Waals surface area (Å²) >= 11 is 0. The lowest BCUT2D eigenvalue weighted by molar-refractivity contribution is 0.00928. The van der Waals surface area contributed by atoms with Crippen molar-refractivity contribution in [3.63, 3.8) is 0 Å². The fourth-order valence-electron chi connectivity index (χ4n) is 3.26. The predicted molar refractivity (Wildman–Crippen MR) is 118 cm³/mol. The van der Waals surface area contributed by atoms with Gasteiger partial charge in [-0.3, -0.25) is 9.38 Å². The molecule has 0 atom stereocenters. The van der Waals surface area contributed by atoms with Gasteiger partial charge in [0, 0.05) is 39.3 Å². The highest BCUT2D eigenvalue weighted by molar-refractivity contribution is 14.0. The monoisotopic (exact) mass is 498 g/mol. The molecule has 1 amide bonds. The first-order chi connectivity index (χ1) is 12.3. The number of nitrogens with one attached hydrogen (secondary N) is 1. The van der Waals surface area contributed by atoms with E-state index in [1.54, 1.807) is 7.05 Å². The van der Waals surface area contributed by atoms with Crippen LogP contribution in [0.2, 0.25) is 0 Å². The Balaban J connectivity index is 0.00000364. The molecule has 1 N–H and O–H groups in total. The average molecular weight is 498 g/mol. The lowest BCUT2D eigenvalue weighted by atomic mass is 10.0. The minimum absolute atomic E-state index is 0. The molecule has 1 aliphatic carbocycles. The number of piperidine rings is 1. The molecule has 0 spiro atoms. The Kier molecular flexibility index (Phi) is 10.1. The number of carbonyl (C=O) groups is 1. The summed E-state index contributed by atoms with van der Waals surface area (Å²) < 4.78 is 17.9. The van der Waals surface area contributed by atoms with Crippen molar-refractivity contribution in [3.8, 4) is 0 Å². The first-order valence-electron chi connectivity index (χ1n) is 9.85. The Hall–Kier alpha value is -0.800. The van der Waals surface area contributed by atoms with Gasteiger partial charge in [0.25, 0.3) is 0 Å². The molecule has 8 heteroatoms. The van der Waals surface area contributed by atoms with E-state index in [9.17, 15) is 9.18 Å². The lowest BCUT2D eigenvalue weighted by Crippen LogP contribution is -2.52. The van der Waals surface area contributed by atoms with E-state index in [1.807, 2.05) is 25.7 Å². The molecule has 0 aromatic carbocycles. The molecule has 6 nitrogen and oxygen atoms in total. The van der Waals surface area contributed by atoms with Crippen molar-refractivity contribution in [3.05, 3.63) is 0 Å². The zero-order chi connectivity index (χ0) is 19.2. The highest BCUT2D eigenvalue weighted by Crippen LogP contribution is 2.32. The van der Waals surface area contributed by atoms with Gasteiger partial charge in [0.15, 0.2) is 5.96 Å². The molecule has 158 valence electrons. The Labute approximate surface area is 180 Å². The number of guanidine groups is 1. The first kappa shape index (κ1) is 24.2. The molecular weight excluding hydrogens is 462 g/mol. The van der Waals surface area contributed by atoms with Gasteiger partial charge in [-0.15, -0.1) is 24.0 Å². The van der Waals surface area contributed by atoms with Crippen molar-refractivity contribution in [1.29, 1.82) is 0 Å². The quantitative estimate of drug-likeness (QED) is 0.263. The number of amides is 1. The highest BCUT2D eigenvalue weighted by Gasteiger charge is 2.35. The Morgan fingerprint density at radius 2 is 1.89 bits per heavy atom. The maximum atomic E-state index is 12.7. The second kappa shape index (κ2) is 11.3. The Bertz CT molecular complexity index is 487. The molecule has 2 fully saturated rings. The van der Waals surface area contributed by atoms with E-state index in [0.717, 1.165) is 38.4 Å². The summed E-state index contributed by atoms with van der Waals surface area (Å²) in [6, 6.07) is 0.214. The third kappa shape index (κ3) is 8.39. The number of carbonyl (C=O) groups excluding carboxylic acids is 1. The summed E-state index contributed by atoms with van der Waals surface area (Å²) in [7, 11) is 1.75. The van der Waals surface area contributed by atoms with Crippen LogP contribution in [0.4, 0.5) is 9.18 Å². The van der Waals surface area contributed by atoms with Gasteiger partial charge in [-0.05, 0) is 58.8 Å². The second-order valence-electron chi connectivity index (χ2n) is 8.31. The molecule has 1 saturated heterocycles. The molecule has 1 aliphatic heterocycles. The molecule has 0 radical (unpaired) electrons. The van der Waals surface area contributed by atoms with Crippen molar-refractivity contribution >= 4 is 36.0 Å². The first-order valence-corrected chi connectivity index (χ1v) is 9.85. The van der Waals surface area contributed by atoms with Gasteiger partial charge in [-0.25, -0.2) is 4.79 Å². The van der Waals surface area contributed by atoms with E-state index in [4.69, 9.17) is 4.74 Å². The molecule has 0 unspecified atom stereocenters. The Morgan fingerprint density at radius 3 is 2.37 bits per heavy atom. The number of nitrogens with zero attached hydrogens (tertiary/aromatic N) is 3. The predicted octanol–water partition coefficient (Wildman–Crippen LogP) is 3.65. The van der Waals surface area contributed by atoms with Crippen LogP contribution in [0.1, 0.15) is 52.9 Å². The van der Waals surface area contributed by atoms with Gasteiger partial charge in [0.1, 0.15) is 5.60 Å². The molecule has 1 heterocycles. The molecule has 0 aromatic heterocycles. The zero-order valence-corrected chi connectivity index (χ0v) is 19.5. The number of ether oxygens (including phenoxy) is 1. The van der Waals surface area contributed by atoms with Gasteiger partial charge in [-0.1, -0.05) is 0 Å². The van der Waals surface area contributed by atoms with E-state index in [2.05, 4.69) is 15.2 Å². The fourth-order valence-corrected chi connectivity index (χ4v) is 3.26. The number of likely N-dealkylation sites (tertiary alicyclic amines) is 1. The maximum absolute atomic E-state index is 12.7. The summed E-state index contributed by atoms with van der Waals surface area (Å²) in [6.45, 7) is 8.49. The van der Waals surface area contributed by atoms with Gasteiger partial charge >= 0.3 is 6.09 Å². The SMILES string of the molecule is CN=C(NCCCF)N1CCC(N(CC2CC2)C(=O)OC(C)(C)C)CC1.I. The van der Waals surface area contributed by atoms with Crippen LogP contribution in [-0.2, 0) is 4.74 Å². The van der Waals surface area contributed by atoms with Crippen molar-refractivity contribution in [2.45, 2.75) is 64.5 Å². The number of alkyl halides is 1. The summed E-state index contributed by atoms with van der Waals surface area (Å²) in [5.74, 6) is 1.46. The smallest absolute Gasteiger partial charge is 0.410 e. The normalized spacial score (nSPS) is 18.7. The molecule has 2 aliphatic rings. The summed E-state index contributed by atoms with van der Waals surface area (Å²) in [5, 5.41) is 3.21. The molecule has 1 saturated carbocycles. The number of halogens is 2. The molecule has 27 heavy (non-hydrogen) atoms. The summed E-state index contributed by atoms with van der Waals surface area (Å²) in [4.78, 5) is 21.1. The van der Waals surface area contributed by atoms with Crippen LogP contribution < -0.4 is 5.32 Å². The van der Waals surface area contributed by atoms with E-state index >= 15 is 0 Å². The standard InChI is InChI=1S/C19H35FN4O2.HI/c1-19(2,3)26-18(25)24(14-15-6-7-15)16-8-12-23(13-9-16)17(21-4)22-11-5-10-20;/h15-16H,5-14H2,1-4H3,(H,21,22);1H. The van der Waals surface area contributed by atoms with Crippen LogP contribution in [0, 0.1) is 5.92 Å². The van der Waals surface area contributed by atoms with Crippen LogP contribution >= 0.6 is 24.0 Å². The number of aliphatic imine (C=N–C) groups is 1. The van der Waals surface area contributed by atoms with E-state index in [1.165, 1.54) is 12.8 Å². The minimum atomic E-state index is -0.470. The van der Waals surface area contributed by atoms with Crippen LogP contribution in [0.25, 0.3) is 0 Å². The van der Waals surface area contributed by atoms with Crippen LogP contribution in [0.15, 0.2) is 4.99 Å². The number of rotatable bonds is 6. The van der Waals surface area contributed by atoms with Crippen molar-refractivity contribution < 1.29 is 13.9 Å². The third-order valence-corrected chi connectivity index (χ3v) is 4.79. The van der Waals surface area contributed by atoms with Crippen molar-refractivity contribution in [2.24, 2.45) is 10.9 Å². The molecule has 2 rings (SSSR count). The zero-order valence-electron chi connectivity index (χ0n) is 17.2. The third-order valence-electron chi connectivity index (χ3n) is 4.79. The maximum Gasteiger partial charge on any atom is 0.410 e. The van der Waals surface area contributed by atoms with E-state index in [0.29, 0.717) is 18.9 Å². The second-order valence-corrected chi connectivity index (χ2v) is 8.31. The lowest BCUT2D eigenvalue weighted by Gasteiger charge is -2.40. The van der Waals surface area contributed by atoms with Gasteiger partial charge in [0.2, 0.25) is 0 Å². The summed E-state index contributed by atoms with van der Waals surface area (Å²) in [6.07, 6.45) is 4.52. The highest BCUT2D eigenvalue weighted by atomic mass is 127. The molecule has 0 bridgehead atoms. The van der Waals surface area contributed by atoms with Crippen molar-refractivity contribution in [1.82, 2.24) is 15.1 Å². The van der Waals surface area contributed by atoms with Crippen molar-refractivity contribution in [2.75, 3.05) is 39.9 Å². The topological polar surface area (TPSA) is 57.2 Å². The number of hydrogen-bond acceptors (Lipinski definition) is 3. The van der Waals surface area contributed by atoms with Gasteiger partial charge < -0.3 is 19.9 Å². The van der Waals surface area contributed by atoms with Crippen LogP contribution in [-0.4, -0.2) is 73.4 Å². The van der Waals surface area contributed by atoms with Gasteiger partial charge in [0.05, 0.1) is 6.67 Å². The molecular formula is C19H36FIN4O2. The minimum Gasteiger partial charge on any atom is -0.444 e. The largest absolute Gasteiger partial charge is 0.444 e. The van der Waals surface area contributed by atoms with Crippen LogP contribution in [0.5, 0.6) is 0 Å². The average Bonchev–Trinajstić information content (AvgIpc) is 3.40. The fraction of sp³-hybridized carbons (Fsp3) is 0.895. The van der Waals surface area contributed by atoms with E-state index < -0.39 is 5.60 Å². The number of hydrogen-bond donors (Lipinski definition) is 1. The summed E-state index contributed by atoms with van der Waals surface area (Å²) in [5.41, 5.74) is -0.470. The molecule has 0 aromatic rings. The van der Waals surface area contributed by atoms with Gasteiger partial charge in [-0.2, -0.15) is 0 Å². The Morgan fingerprint density at radius 1 is 1.26 bits per heavy atom. The van der Waals surface area contributed by atoms with Crippen LogP contribution in [0.3, 0.4) is 0 Å².